The van der Waals surface area contributed by atoms with E-state index in [4.69, 9.17) is 21.1 Å². The smallest absolute Gasteiger partial charge is 0.433 e. The van der Waals surface area contributed by atoms with Gasteiger partial charge in [-0.1, -0.05) is 11.6 Å². The Balaban J connectivity index is 1.56. The van der Waals surface area contributed by atoms with E-state index in [1.54, 1.807) is 0 Å². The van der Waals surface area contributed by atoms with Crippen LogP contribution < -0.4 is 10.6 Å². The van der Waals surface area contributed by atoms with E-state index in [0.29, 0.717) is 36.5 Å². The van der Waals surface area contributed by atoms with Gasteiger partial charge < -0.3 is 25.0 Å². The molecule has 8 nitrogen and oxygen atoms in total. The lowest BCUT2D eigenvalue weighted by Gasteiger charge is -2.38. The Labute approximate surface area is 198 Å². The number of ether oxygens (including phenoxy) is 2. The number of alkyl carbamates (subject to hydrolysis) is 1. The molecule has 3 heterocycles. The lowest BCUT2D eigenvalue weighted by Crippen LogP contribution is -2.55. The molecule has 184 valence electrons. The molecule has 0 aliphatic carbocycles. The third-order valence-electron chi connectivity index (χ3n) is 5.80. The van der Waals surface area contributed by atoms with E-state index < -0.39 is 30.0 Å². The minimum absolute atomic E-state index is 0.137. The minimum atomic E-state index is -4.64. The van der Waals surface area contributed by atoms with Crippen LogP contribution in [-0.4, -0.2) is 66.4 Å². The number of carbonyl (C=O) groups is 2. The van der Waals surface area contributed by atoms with Crippen molar-refractivity contribution in [2.45, 2.75) is 44.1 Å². The van der Waals surface area contributed by atoms with Gasteiger partial charge in [-0.3, -0.25) is 4.79 Å². The molecule has 0 saturated carbocycles. The van der Waals surface area contributed by atoms with Gasteiger partial charge in [0, 0.05) is 48.6 Å². The topological polar surface area (TPSA) is 92.8 Å². The molecule has 3 atom stereocenters. The fourth-order valence-corrected chi connectivity index (χ4v) is 4.38. The normalized spacial score (nSPS) is 23.1. The zero-order valence-electron chi connectivity index (χ0n) is 18.3. The second-order valence-electron chi connectivity index (χ2n) is 8.45. The van der Waals surface area contributed by atoms with Gasteiger partial charge in [0.15, 0.2) is 0 Å². The quantitative estimate of drug-likeness (QED) is 0.663. The number of likely N-dealkylation sites (tertiary alicyclic amines) is 1. The SMILES string of the molecule is CC(=O)N1C[C@@H](NC(=O)O[C@H]2CCOC2)C[C@@H](Nc2cc(C(F)(F)F)nc3ccc(Cl)cc23)C1. The number of halogens is 4. The van der Waals surface area contributed by atoms with Crippen molar-refractivity contribution in [2.75, 3.05) is 31.6 Å². The fourth-order valence-electron chi connectivity index (χ4n) is 4.21. The molecule has 1 aromatic carbocycles. The second-order valence-corrected chi connectivity index (χ2v) is 8.88. The van der Waals surface area contributed by atoms with Crippen LogP contribution in [0.1, 0.15) is 25.5 Å². The molecule has 2 fully saturated rings. The van der Waals surface area contributed by atoms with Crippen molar-refractivity contribution in [2.24, 2.45) is 0 Å². The standard InChI is InChI=1S/C22H24ClF3N4O4/c1-12(31)30-9-14(7-15(10-30)28-21(32)34-16-4-5-33-11-16)27-19-8-20(22(24,25)26)29-18-3-2-13(23)6-17(18)19/h2-3,6,8,14-16H,4-5,7,9-11H2,1H3,(H,27,29)(H,28,32)/t14-,15+,16+/m1/s1. The maximum absolute atomic E-state index is 13.5. The number of nitrogens with zero attached hydrogens (tertiary/aromatic N) is 2. The van der Waals surface area contributed by atoms with Crippen molar-refractivity contribution in [1.82, 2.24) is 15.2 Å². The van der Waals surface area contributed by atoms with Crippen molar-refractivity contribution in [3.05, 3.63) is 35.0 Å². The molecule has 2 saturated heterocycles. The number of piperidine rings is 1. The molecule has 34 heavy (non-hydrogen) atoms. The van der Waals surface area contributed by atoms with Gasteiger partial charge >= 0.3 is 12.3 Å². The first-order chi connectivity index (χ1) is 16.1. The number of amides is 2. The molecule has 0 bridgehead atoms. The number of hydrogen-bond donors (Lipinski definition) is 2. The highest BCUT2D eigenvalue weighted by Crippen LogP contribution is 2.34. The molecule has 1 aromatic heterocycles. The van der Waals surface area contributed by atoms with Gasteiger partial charge in [-0.25, -0.2) is 9.78 Å². The van der Waals surface area contributed by atoms with E-state index in [2.05, 4.69) is 15.6 Å². The largest absolute Gasteiger partial charge is 0.444 e. The first-order valence-corrected chi connectivity index (χ1v) is 11.2. The monoisotopic (exact) mass is 500 g/mol. The van der Waals surface area contributed by atoms with Crippen molar-refractivity contribution in [3.8, 4) is 0 Å². The average Bonchev–Trinajstić information content (AvgIpc) is 3.25. The summed E-state index contributed by atoms with van der Waals surface area (Å²) in [5.74, 6) is -0.213. The van der Waals surface area contributed by atoms with Gasteiger partial charge in [-0.05, 0) is 30.7 Å². The number of nitrogens with one attached hydrogen (secondary N) is 2. The number of pyridine rings is 1. The van der Waals surface area contributed by atoms with E-state index >= 15 is 0 Å². The maximum Gasteiger partial charge on any atom is 0.433 e. The van der Waals surface area contributed by atoms with Crippen molar-refractivity contribution in [3.63, 3.8) is 0 Å². The Bertz CT molecular complexity index is 1080. The van der Waals surface area contributed by atoms with Gasteiger partial charge in [0.1, 0.15) is 11.8 Å². The van der Waals surface area contributed by atoms with Crippen molar-refractivity contribution < 1.29 is 32.2 Å². The summed E-state index contributed by atoms with van der Waals surface area (Å²) >= 11 is 6.08. The average molecular weight is 501 g/mol. The number of aromatic nitrogens is 1. The van der Waals surface area contributed by atoms with Crippen molar-refractivity contribution >= 4 is 40.2 Å². The lowest BCUT2D eigenvalue weighted by molar-refractivity contribution is -0.140. The molecule has 2 aliphatic rings. The maximum atomic E-state index is 13.5. The number of hydrogen-bond acceptors (Lipinski definition) is 6. The molecule has 0 spiro atoms. The number of rotatable bonds is 4. The Morgan fingerprint density at radius 1 is 1.24 bits per heavy atom. The summed E-state index contributed by atoms with van der Waals surface area (Å²) in [6.07, 6.45) is -4.60. The van der Waals surface area contributed by atoms with E-state index in [1.165, 1.54) is 30.0 Å². The summed E-state index contributed by atoms with van der Waals surface area (Å²) in [6.45, 7) is 2.78. The summed E-state index contributed by atoms with van der Waals surface area (Å²) in [7, 11) is 0. The minimum Gasteiger partial charge on any atom is -0.444 e. The van der Waals surface area contributed by atoms with Crippen LogP contribution in [0.2, 0.25) is 5.02 Å². The van der Waals surface area contributed by atoms with Gasteiger partial charge in [0.2, 0.25) is 5.91 Å². The summed E-state index contributed by atoms with van der Waals surface area (Å²) in [5, 5.41) is 6.66. The Kier molecular flexibility index (Phi) is 7.04. The lowest BCUT2D eigenvalue weighted by atomic mass is 9.99. The first-order valence-electron chi connectivity index (χ1n) is 10.8. The molecule has 4 rings (SSSR count). The number of benzene rings is 1. The molecule has 12 heteroatoms. The highest BCUT2D eigenvalue weighted by atomic mass is 35.5. The van der Waals surface area contributed by atoms with Crippen LogP contribution in [0, 0.1) is 0 Å². The predicted octanol–water partition coefficient (Wildman–Crippen LogP) is 3.82. The van der Waals surface area contributed by atoms with Crippen LogP contribution >= 0.6 is 11.6 Å². The van der Waals surface area contributed by atoms with Crippen LogP contribution in [0.4, 0.5) is 23.7 Å². The number of fused-ring (bicyclic) bond motifs is 1. The van der Waals surface area contributed by atoms with Crippen LogP contribution in [0.3, 0.4) is 0 Å². The third kappa shape index (κ3) is 5.82. The first kappa shape index (κ1) is 24.3. The van der Waals surface area contributed by atoms with Gasteiger partial charge in [0.25, 0.3) is 0 Å². The van der Waals surface area contributed by atoms with E-state index in [0.717, 1.165) is 6.07 Å². The molecule has 2 aromatic rings. The van der Waals surface area contributed by atoms with E-state index in [1.807, 2.05) is 0 Å². The summed E-state index contributed by atoms with van der Waals surface area (Å²) in [4.78, 5) is 29.7. The van der Waals surface area contributed by atoms with Crippen LogP contribution in [0.25, 0.3) is 10.9 Å². The summed E-state index contributed by atoms with van der Waals surface area (Å²) in [5.41, 5.74) is -0.709. The number of alkyl halides is 3. The van der Waals surface area contributed by atoms with Gasteiger partial charge in [-0.2, -0.15) is 13.2 Å². The van der Waals surface area contributed by atoms with Crippen LogP contribution in [0.15, 0.2) is 24.3 Å². The number of anilines is 1. The highest BCUT2D eigenvalue weighted by Gasteiger charge is 2.35. The Morgan fingerprint density at radius 3 is 2.68 bits per heavy atom. The molecule has 2 amide bonds. The zero-order valence-corrected chi connectivity index (χ0v) is 19.1. The molecule has 2 aliphatic heterocycles. The molecular formula is C22H24ClF3N4O4. The van der Waals surface area contributed by atoms with Gasteiger partial charge in [0.05, 0.1) is 24.8 Å². The molecule has 0 radical (unpaired) electrons. The molecule has 0 unspecified atom stereocenters. The Morgan fingerprint density at radius 2 is 2.00 bits per heavy atom. The van der Waals surface area contributed by atoms with E-state index in [-0.39, 0.29) is 36.3 Å². The van der Waals surface area contributed by atoms with Crippen LogP contribution in [-0.2, 0) is 20.4 Å². The molecular weight excluding hydrogens is 477 g/mol. The molecule has 2 N–H and O–H groups in total. The number of carbonyl (C=O) groups excluding carboxylic acids is 2. The Hall–Kier alpha value is -2.79. The van der Waals surface area contributed by atoms with Crippen LogP contribution in [0.5, 0.6) is 0 Å². The fraction of sp³-hybridized carbons (Fsp3) is 0.500. The summed E-state index contributed by atoms with van der Waals surface area (Å²) < 4.78 is 50.9. The van der Waals surface area contributed by atoms with E-state index in [9.17, 15) is 22.8 Å². The van der Waals surface area contributed by atoms with Crippen molar-refractivity contribution in [1.29, 1.82) is 0 Å². The highest BCUT2D eigenvalue weighted by molar-refractivity contribution is 6.31. The predicted molar refractivity (Wildman–Crippen MR) is 119 cm³/mol. The zero-order chi connectivity index (χ0) is 24.5. The van der Waals surface area contributed by atoms with Gasteiger partial charge in [-0.15, -0.1) is 0 Å². The third-order valence-corrected chi connectivity index (χ3v) is 6.04. The summed E-state index contributed by atoms with van der Waals surface area (Å²) in [6, 6.07) is 4.47. The second kappa shape index (κ2) is 9.83.